The smallest absolute Gasteiger partial charge is 0.416 e. The van der Waals surface area contributed by atoms with Gasteiger partial charge in [-0.25, -0.2) is 18.2 Å². The maximum atomic E-state index is 13.6. The molecule has 3 aromatic rings. The Labute approximate surface area is 333 Å². The quantitative estimate of drug-likeness (QED) is 0.107. The molecule has 3 amide bonds. The number of likely N-dealkylation sites (N-methyl/N-ethyl adjacent to an activating group) is 1. The normalized spacial score (nSPS) is 13.4. The molecule has 0 saturated heterocycles. The van der Waals surface area contributed by atoms with E-state index in [4.69, 9.17) is 19.2 Å². The summed E-state index contributed by atoms with van der Waals surface area (Å²) in [5, 5.41) is 8.42. The number of aryl methyl sites for hydroxylation is 5. The van der Waals surface area contributed by atoms with Gasteiger partial charge in [0.1, 0.15) is 23.2 Å². The van der Waals surface area contributed by atoms with Crippen molar-refractivity contribution in [3.05, 3.63) is 68.5 Å². The first kappa shape index (κ1) is 44.1. The third-order valence-electron chi connectivity index (χ3n) is 8.69. The molecule has 15 nitrogen and oxygen atoms in total. The summed E-state index contributed by atoms with van der Waals surface area (Å²) in [5.41, 5.74) is 1.95. The molecule has 0 bridgehead atoms. The van der Waals surface area contributed by atoms with Crippen molar-refractivity contribution < 1.29 is 41.8 Å². The molecule has 0 aliphatic carbocycles. The van der Waals surface area contributed by atoms with Crippen molar-refractivity contribution in [1.29, 1.82) is 0 Å². The largest absolute Gasteiger partial charge is 0.494 e. The summed E-state index contributed by atoms with van der Waals surface area (Å²) < 4.78 is 45.9. The number of hydrogen-bond acceptors (Lipinski definition) is 12. The topological polar surface area (TPSA) is 194 Å². The van der Waals surface area contributed by atoms with E-state index < -0.39 is 39.6 Å². The SMILES string of the molecule is CNCCNC(=O)CCCOc1cc(C)c(S(=O)(=O)N[C@@H](CNC(=O)c2ccc(CCc3ccc4c(n3)N(C(=O)OC(C)(C)C)CCC4)s2)C(=O)OC)c(C)c1. The van der Waals surface area contributed by atoms with E-state index in [1.54, 1.807) is 44.0 Å². The molecule has 1 atom stereocenters. The van der Waals surface area contributed by atoms with Crippen LogP contribution in [0, 0.1) is 13.8 Å². The molecule has 4 rings (SSSR count). The highest BCUT2D eigenvalue weighted by Crippen LogP contribution is 2.29. The summed E-state index contributed by atoms with van der Waals surface area (Å²) in [7, 11) is -1.31. The van der Waals surface area contributed by atoms with Crippen LogP contribution in [0.4, 0.5) is 10.6 Å². The first-order valence-corrected chi connectivity index (χ1v) is 20.9. The van der Waals surface area contributed by atoms with Crippen molar-refractivity contribution in [2.75, 3.05) is 51.8 Å². The molecule has 0 saturated carbocycles. The van der Waals surface area contributed by atoms with E-state index >= 15 is 0 Å². The molecule has 0 radical (unpaired) electrons. The fourth-order valence-electron chi connectivity index (χ4n) is 6.10. The maximum absolute atomic E-state index is 13.6. The predicted molar refractivity (Wildman–Crippen MR) is 214 cm³/mol. The van der Waals surface area contributed by atoms with Gasteiger partial charge in [-0.1, -0.05) is 6.07 Å². The Kier molecular flexibility index (Phi) is 15.8. The van der Waals surface area contributed by atoms with Crippen LogP contribution < -0.4 is 30.3 Å². The van der Waals surface area contributed by atoms with Gasteiger partial charge < -0.3 is 30.2 Å². The molecule has 306 valence electrons. The van der Waals surface area contributed by atoms with Crippen LogP contribution in [0.15, 0.2) is 41.3 Å². The molecule has 56 heavy (non-hydrogen) atoms. The van der Waals surface area contributed by atoms with Crippen LogP contribution in [0.1, 0.15) is 77.0 Å². The molecule has 17 heteroatoms. The second-order valence-corrected chi connectivity index (χ2v) is 17.3. The van der Waals surface area contributed by atoms with Gasteiger partial charge in [0.05, 0.1) is 23.5 Å². The summed E-state index contributed by atoms with van der Waals surface area (Å²) in [6.07, 6.45) is 3.18. The van der Waals surface area contributed by atoms with Crippen LogP contribution in [-0.4, -0.2) is 95.9 Å². The number of nitrogens with zero attached hydrogens (tertiary/aromatic N) is 2. The number of benzene rings is 1. The molecule has 0 unspecified atom stereocenters. The summed E-state index contributed by atoms with van der Waals surface area (Å²) in [5.74, 6) is -0.351. The van der Waals surface area contributed by atoms with E-state index in [2.05, 4.69) is 20.7 Å². The van der Waals surface area contributed by atoms with Crippen molar-refractivity contribution in [2.45, 2.75) is 89.7 Å². The zero-order chi connectivity index (χ0) is 41.0. The van der Waals surface area contributed by atoms with E-state index in [9.17, 15) is 27.6 Å². The van der Waals surface area contributed by atoms with Crippen LogP contribution >= 0.6 is 11.3 Å². The van der Waals surface area contributed by atoms with Gasteiger partial charge in [-0.3, -0.25) is 19.3 Å². The van der Waals surface area contributed by atoms with Gasteiger partial charge >= 0.3 is 12.1 Å². The fraction of sp³-hybridized carbons (Fsp3) is 0.513. The lowest BCUT2D eigenvalue weighted by Gasteiger charge is -2.31. The number of aromatic nitrogens is 1. The molecule has 0 fully saturated rings. The molecule has 1 aliphatic heterocycles. The Bertz CT molecular complexity index is 1950. The lowest BCUT2D eigenvalue weighted by Crippen LogP contribution is -2.49. The minimum Gasteiger partial charge on any atom is -0.494 e. The summed E-state index contributed by atoms with van der Waals surface area (Å²) in [6, 6.07) is 9.23. The summed E-state index contributed by atoms with van der Waals surface area (Å²) in [4.78, 5) is 58.4. The number of amides is 3. The first-order chi connectivity index (χ1) is 26.5. The lowest BCUT2D eigenvalue weighted by atomic mass is 10.0. The van der Waals surface area contributed by atoms with E-state index in [0.29, 0.717) is 72.9 Å². The van der Waals surface area contributed by atoms with Gasteiger partial charge in [0.15, 0.2) is 0 Å². The Morgan fingerprint density at radius 3 is 2.41 bits per heavy atom. The van der Waals surface area contributed by atoms with Crippen LogP contribution in [-0.2, 0) is 48.3 Å². The molecule has 3 heterocycles. The van der Waals surface area contributed by atoms with Crippen LogP contribution in [0.3, 0.4) is 0 Å². The Morgan fingerprint density at radius 2 is 1.73 bits per heavy atom. The number of hydrogen-bond donors (Lipinski definition) is 4. The Morgan fingerprint density at radius 1 is 1.00 bits per heavy atom. The number of anilines is 1. The number of sulfonamides is 1. The van der Waals surface area contributed by atoms with E-state index in [0.717, 1.165) is 36.1 Å². The zero-order valence-electron chi connectivity index (χ0n) is 33.2. The van der Waals surface area contributed by atoms with Gasteiger partial charge in [-0.2, -0.15) is 4.72 Å². The van der Waals surface area contributed by atoms with Crippen LogP contribution in [0.5, 0.6) is 5.75 Å². The minimum atomic E-state index is -4.25. The van der Waals surface area contributed by atoms with Crippen molar-refractivity contribution in [1.82, 2.24) is 25.7 Å². The fourth-order valence-corrected chi connectivity index (χ4v) is 8.66. The maximum Gasteiger partial charge on any atom is 0.416 e. The van der Waals surface area contributed by atoms with Gasteiger partial charge in [0.2, 0.25) is 15.9 Å². The Balaban J connectivity index is 1.33. The van der Waals surface area contributed by atoms with E-state index in [1.165, 1.54) is 11.3 Å². The average Bonchev–Trinajstić information content (AvgIpc) is 3.61. The first-order valence-electron chi connectivity index (χ1n) is 18.6. The van der Waals surface area contributed by atoms with Crippen molar-refractivity contribution in [3.8, 4) is 5.75 Å². The lowest BCUT2D eigenvalue weighted by molar-refractivity contribution is -0.142. The van der Waals surface area contributed by atoms with Crippen LogP contribution in [0.25, 0.3) is 0 Å². The second-order valence-electron chi connectivity index (χ2n) is 14.5. The molecule has 4 N–H and O–H groups in total. The number of methoxy groups -OCH3 is 1. The van der Waals surface area contributed by atoms with Gasteiger partial charge in [0, 0.05) is 43.2 Å². The number of rotatable bonds is 18. The Hall–Kier alpha value is -4.58. The second kappa shape index (κ2) is 20.0. The number of fused-ring (bicyclic) bond motifs is 1. The van der Waals surface area contributed by atoms with Crippen LogP contribution in [0.2, 0.25) is 0 Å². The zero-order valence-corrected chi connectivity index (χ0v) is 34.8. The van der Waals surface area contributed by atoms with E-state index in [1.807, 2.05) is 39.0 Å². The highest BCUT2D eigenvalue weighted by molar-refractivity contribution is 7.89. The molecular formula is C39H54N6O9S2. The number of pyridine rings is 1. The van der Waals surface area contributed by atoms with E-state index in [-0.39, 0.29) is 24.0 Å². The number of ether oxygens (including phenoxy) is 3. The number of esters is 1. The molecule has 1 aromatic carbocycles. The third-order valence-corrected chi connectivity index (χ3v) is 11.6. The van der Waals surface area contributed by atoms with Gasteiger partial charge in [0.25, 0.3) is 5.91 Å². The summed E-state index contributed by atoms with van der Waals surface area (Å²) >= 11 is 1.28. The predicted octanol–water partition coefficient (Wildman–Crippen LogP) is 3.98. The monoisotopic (exact) mass is 814 g/mol. The molecule has 0 spiro atoms. The standard InChI is InChI=1S/C39H54N6O9S2/c1-25-22-29(53-21-9-11-33(46)41-19-18-40-6)23-26(2)34(25)56(50,51)44-31(37(48)52-7)24-42-36(47)32-17-16-30(55-32)15-14-28-13-12-27-10-8-20-45(35(27)43-28)38(49)54-39(3,4)5/h12-13,16-17,22-23,31,40,44H,8-11,14-15,18-21,24H2,1-7H3,(H,41,46)(H,42,47)/t31-/m0/s1. The van der Waals surface area contributed by atoms with Crippen molar-refractivity contribution in [3.63, 3.8) is 0 Å². The highest BCUT2D eigenvalue weighted by atomic mass is 32.2. The number of carbonyl (C=O) groups excluding carboxylic acids is 4. The number of nitrogens with one attached hydrogen (secondary N) is 4. The third kappa shape index (κ3) is 12.7. The molecular weight excluding hydrogens is 761 g/mol. The van der Waals surface area contributed by atoms with Crippen molar-refractivity contribution in [2.24, 2.45) is 0 Å². The summed E-state index contributed by atoms with van der Waals surface area (Å²) in [6.45, 7) is 10.4. The number of carbonyl (C=O) groups is 4. The molecule has 2 aromatic heterocycles. The highest BCUT2D eigenvalue weighted by Gasteiger charge is 2.31. The minimum absolute atomic E-state index is 0.0251. The van der Waals surface area contributed by atoms with Crippen molar-refractivity contribution >= 4 is 51.1 Å². The average molecular weight is 815 g/mol. The van der Waals surface area contributed by atoms with Gasteiger partial charge in [-0.15, -0.1) is 11.3 Å². The van der Waals surface area contributed by atoms with Gasteiger partial charge in [-0.05, 0) is 121 Å². The molecule has 1 aliphatic rings. The number of thiophene rings is 1.